The van der Waals surface area contributed by atoms with Gasteiger partial charge in [0.1, 0.15) is 0 Å². The summed E-state index contributed by atoms with van der Waals surface area (Å²) in [6.07, 6.45) is 3.79. The molecule has 1 fully saturated rings. The molecule has 1 aliphatic rings. The van der Waals surface area contributed by atoms with E-state index in [1.165, 1.54) is 0 Å². The highest BCUT2D eigenvalue weighted by atomic mass is 79.9. The number of alkyl halides is 1. The molecule has 1 amide bonds. The number of nitrogens with one attached hydrogen (secondary N) is 1. The van der Waals surface area contributed by atoms with Gasteiger partial charge in [0.15, 0.2) is 0 Å². The van der Waals surface area contributed by atoms with E-state index in [9.17, 15) is 4.79 Å². The Balaban J connectivity index is 2.01. The van der Waals surface area contributed by atoms with Crippen molar-refractivity contribution in [3.63, 3.8) is 0 Å². The Bertz CT molecular complexity index is 445. The molecule has 1 N–H and O–H groups in total. The van der Waals surface area contributed by atoms with Gasteiger partial charge < -0.3 is 5.32 Å². The van der Waals surface area contributed by atoms with Crippen molar-refractivity contribution in [1.29, 1.82) is 0 Å². The van der Waals surface area contributed by atoms with Crippen molar-refractivity contribution < 1.29 is 4.79 Å². The van der Waals surface area contributed by atoms with Crippen LogP contribution in [0.4, 0.5) is 0 Å². The monoisotopic (exact) mass is 349 g/mol. The molecule has 0 radical (unpaired) electrons. The number of amides is 1. The summed E-state index contributed by atoms with van der Waals surface area (Å²) in [6, 6.07) is 5.57. The highest BCUT2D eigenvalue weighted by Crippen LogP contribution is 2.27. The van der Waals surface area contributed by atoms with E-state index < -0.39 is 0 Å². The molecule has 1 aromatic rings. The number of benzene rings is 1. The molecule has 18 heavy (non-hydrogen) atoms. The Kier molecular flexibility index (Phi) is 4.93. The SMILES string of the molecule is O=C(NC1CCC(Cl)CC1)c1cccc(Br)c1Cl. The number of halogens is 3. The van der Waals surface area contributed by atoms with Gasteiger partial charge in [-0.15, -0.1) is 11.6 Å². The van der Waals surface area contributed by atoms with Gasteiger partial charge in [0, 0.05) is 15.9 Å². The van der Waals surface area contributed by atoms with Gasteiger partial charge in [-0.2, -0.15) is 0 Å². The summed E-state index contributed by atoms with van der Waals surface area (Å²) >= 11 is 15.5. The highest BCUT2D eigenvalue weighted by Gasteiger charge is 2.22. The lowest BCUT2D eigenvalue weighted by atomic mass is 9.95. The minimum absolute atomic E-state index is 0.112. The molecule has 0 unspecified atom stereocenters. The second-order valence-electron chi connectivity index (χ2n) is 4.52. The largest absolute Gasteiger partial charge is 0.349 e. The summed E-state index contributed by atoms with van der Waals surface area (Å²) < 4.78 is 0.737. The van der Waals surface area contributed by atoms with Crippen LogP contribution in [0.3, 0.4) is 0 Å². The Hall–Kier alpha value is -0.250. The Morgan fingerprint density at radius 1 is 1.28 bits per heavy atom. The van der Waals surface area contributed by atoms with Crippen LogP contribution in [0.1, 0.15) is 36.0 Å². The van der Waals surface area contributed by atoms with E-state index in [1.54, 1.807) is 12.1 Å². The first-order chi connectivity index (χ1) is 8.58. The summed E-state index contributed by atoms with van der Waals surface area (Å²) in [5.41, 5.74) is 0.513. The first-order valence-electron chi connectivity index (χ1n) is 5.97. The molecule has 0 bridgehead atoms. The number of carbonyl (C=O) groups is 1. The maximum atomic E-state index is 12.1. The minimum atomic E-state index is -0.112. The van der Waals surface area contributed by atoms with E-state index in [4.69, 9.17) is 23.2 Å². The molecule has 1 aromatic carbocycles. The third kappa shape index (κ3) is 3.40. The van der Waals surface area contributed by atoms with Crippen LogP contribution < -0.4 is 5.32 Å². The van der Waals surface area contributed by atoms with E-state index in [0.29, 0.717) is 10.6 Å². The van der Waals surface area contributed by atoms with Crippen LogP contribution in [-0.4, -0.2) is 17.3 Å². The van der Waals surface area contributed by atoms with Crippen molar-refractivity contribution in [3.05, 3.63) is 33.3 Å². The molecule has 98 valence electrons. The van der Waals surface area contributed by atoms with Crippen LogP contribution in [0, 0.1) is 0 Å². The first-order valence-corrected chi connectivity index (χ1v) is 7.57. The number of hydrogen-bond acceptors (Lipinski definition) is 1. The Morgan fingerprint density at radius 2 is 1.94 bits per heavy atom. The maximum Gasteiger partial charge on any atom is 0.253 e. The van der Waals surface area contributed by atoms with E-state index in [0.717, 1.165) is 30.2 Å². The van der Waals surface area contributed by atoms with Crippen LogP contribution >= 0.6 is 39.1 Å². The topological polar surface area (TPSA) is 29.1 Å². The number of carbonyl (C=O) groups excluding carboxylic acids is 1. The van der Waals surface area contributed by atoms with Crippen molar-refractivity contribution in [2.45, 2.75) is 37.1 Å². The number of rotatable bonds is 2. The molecule has 1 saturated carbocycles. The second kappa shape index (κ2) is 6.27. The van der Waals surface area contributed by atoms with Gasteiger partial charge in [-0.05, 0) is 53.7 Å². The third-order valence-electron chi connectivity index (χ3n) is 3.19. The van der Waals surface area contributed by atoms with Gasteiger partial charge in [-0.3, -0.25) is 4.79 Å². The highest BCUT2D eigenvalue weighted by molar-refractivity contribution is 9.10. The molecule has 2 nitrogen and oxygen atoms in total. The first kappa shape index (κ1) is 14.2. The second-order valence-corrected chi connectivity index (χ2v) is 6.37. The predicted molar refractivity (Wildman–Crippen MR) is 78.5 cm³/mol. The van der Waals surface area contributed by atoms with E-state index in [2.05, 4.69) is 21.2 Å². The third-order valence-corrected chi connectivity index (χ3v) is 4.92. The summed E-state index contributed by atoms with van der Waals surface area (Å²) in [7, 11) is 0. The van der Waals surface area contributed by atoms with Crippen LogP contribution in [0.2, 0.25) is 5.02 Å². The lowest BCUT2D eigenvalue weighted by Crippen LogP contribution is -2.37. The van der Waals surface area contributed by atoms with Crippen molar-refractivity contribution in [3.8, 4) is 0 Å². The molecule has 0 heterocycles. The molecule has 0 saturated heterocycles. The molecule has 1 aliphatic carbocycles. The Morgan fingerprint density at radius 3 is 2.61 bits per heavy atom. The molecule has 2 rings (SSSR count). The van der Waals surface area contributed by atoms with Crippen molar-refractivity contribution in [2.75, 3.05) is 0 Å². The van der Waals surface area contributed by atoms with Gasteiger partial charge >= 0.3 is 0 Å². The van der Waals surface area contributed by atoms with Gasteiger partial charge in [0.05, 0.1) is 10.6 Å². The molecular weight excluding hydrogens is 337 g/mol. The number of hydrogen-bond donors (Lipinski definition) is 1. The standard InChI is InChI=1S/C13H14BrCl2NO/c14-11-3-1-2-10(12(11)16)13(18)17-9-6-4-8(15)5-7-9/h1-3,8-9H,4-7H2,(H,17,18). The van der Waals surface area contributed by atoms with Crippen molar-refractivity contribution in [1.82, 2.24) is 5.32 Å². The molecule has 0 atom stereocenters. The van der Waals surface area contributed by atoms with Crippen LogP contribution in [0.25, 0.3) is 0 Å². The minimum Gasteiger partial charge on any atom is -0.349 e. The normalized spacial score (nSPS) is 23.7. The zero-order valence-corrected chi connectivity index (χ0v) is 12.9. The molecule has 0 aliphatic heterocycles. The predicted octanol–water partition coefficient (Wildman–Crippen LogP) is 4.38. The van der Waals surface area contributed by atoms with E-state index >= 15 is 0 Å². The van der Waals surface area contributed by atoms with Gasteiger partial charge in [0.2, 0.25) is 0 Å². The average Bonchev–Trinajstić information content (AvgIpc) is 2.35. The smallest absolute Gasteiger partial charge is 0.253 e. The van der Waals surface area contributed by atoms with Gasteiger partial charge in [-0.1, -0.05) is 17.7 Å². The quantitative estimate of drug-likeness (QED) is 0.788. The van der Waals surface area contributed by atoms with Gasteiger partial charge in [-0.25, -0.2) is 0 Å². The molecular formula is C13H14BrCl2NO. The zero-order chi connectivity index (χ0) is 13.1. The van der Waals surface area contributed by atoms with Crippen LogP contribution in [0.15, 0.2) is 22.7 Å². The molecule has 5 heteroatoms. The Labute approximate surface area is 125 Å². The zero-order valence-electron chi connectivity index (χ0n) is 9.76. The fourth-order valence-corrected chi connectivity index (χ4v) is 2.97. The lowest BCUT2D eigenvalue weighted by molar-refractivity contribution is 0.0928. The van der Waals surface area contributed by atoms with E-state index in [1.807, 2.05) is 6.07 Å². The van der Waals surface area contributed by atoms with Crippen molar-refractivity contribution in [2.24, 2.45) is 0 Å². The van der Waals surface area contributed by atoms with Crippen LogP contribution in [0.5, 0.6) is 0 Å². The molecule has 0 spiro atoms. The van der Waals surface area contributed by atoms with Crippen molar-refractivity contribution >= 4 is 45.0 Å². The van der Waals surface area contributed by atoms with E-state index in [-0.39, 0.29) is 17.3 Å². The fraction of sp³-hybridized carbons (Fsp3) is 0.462. The summed E-state index contributed by atoms with van der Waals surface area (Å²) in [6.45, 7) is 0. The van der Waals surface area contributed by atoms with Gasteiger partial charge in [0.25, 0.3) is 5.91 Å². The summed E-state index contributed by atoms with van der Waals surface area (Å²) in [5, 5.41) is 3.74. The molecule has 0 aromatic heterocycles. The fourth-order valence-electron chi connectivity index (χ4n) is 2.14. The summed E-state index contributed by atoms with van der Waals surface area (Å²) in [5.74, 6) is -0.112. The summed E-state index contributed by atoms with van der Waals surface area (Å²) in [4.78, 5) is 12.1. The lowest BCUT2D eigenvalue weighted by Gasteiger charge is -2.26. The maximum absolute atomic E-state index is 12.1. The van der Waals surface area contributed by atoms with Crippen LogP contribution in [-0.2, 0) is 0 Å². The average molecular weight is 351 g/mol.